The van der Waals surface area contributed by atoms with Crippen LogP contribution in [0.3, 0.4) is 0 Å². The summed E-state index contributed by atoms with van der Waals surface area (Å²) in [5.41, 5.74) is 1.84. The van der Waals surface area contributed by atoms with E-state index in [1.807, 2.05) is 12.1 Å². The molecule has 0 atom stereocenters. The lowest BCUT2D eigenvalue weighted by atomic mass is 10.0. The van der Waals surface area contributed by atoms with Crippen molar-refractivity contribution in [3.8, 4) is 6.07 Å². The van der Waals surface area contributed by atoms with Crippen molar-refractivity contribution < 1.29 is 0 Å². The van der Waals surface area contributed by atoms with Gasteiger partial charge in [-0.15, -0.1) is 0 Å². The highest BCUT2D eigenvalue weighted by Crippen LogP contribution is 2.48. The second-order valence-corrected chi connectivity index (χ2v) is 4.22. The molecule has 0 bridgehead atoms. The predicted molar refractivity (Wildman–Crippen MR) is 59.4 cm³/mol. The van der Waals surface area contributed by atoms with Gasteiger partial charge in [0.05, 0.1) is 5.69 Å². The fourth-order valence-corrected chi connectivity index (χ4v) is 1.75. The summed E-state index contributed by atoms with van der Waals surface area (Å²) >= 11 is 0. The SMILES string of the molecule is CCC1(CNc2cccnc2C#N)CC1. The minimum Gasteiger partial charge on any atom is -0.382 e. The topological polar surface area (TPSA) is 48.7 Å². The van der Waals surface area contributed by atoms with Crippen LogP contribution in [0.15, 0.2) is 18.3 Å². The number of nitrogens with one attached hydrogen (secondary N) is 1. The maximum Gasteiger partial charge on any atom is 0.163 e. The minimum atomic E-state index is 0.489. The van der Waals surface area contributed by atoms with Crippen LogP contribution in [0.25, 0.3) is 0 Å². The van der Waals surface area contributed by atoms with E-state index in [0.29, 0.717) is 11.1 Å². The van der Waals surface area contributed by atoms with Crippen LogP contribution >= 0.6 is 0 Å². The first-order valence-electron chi connectivity index (χ1n) is 5.39. The van der Waals surface area contributed by atoms with Gasteiger partial charge in [-0.3, -0.25) is 0 Å². The lowest BCUT2D eigenvalue weighted by Gasteiger charge is -2.14. The molecule has 3 heteroatoms. The third kappa shape index (κ3) is 2.10. The highest BCUT2D eigenvalue weighted by molar-refractivity contribution is 5.53. The summed E-state index contributed by atoms with van der Waals surface area (Å²) in [7, 11) is 0. The summed E-state index contributed by atoms with van der Waals surface area (Å²) in [6, 6.07) is 5.87. The molecular weight excluding hydrogens is 186 g/mol. The lowest BCUT2D eigenvalue weighted by Crippen LogP contribution is -2.15. The number of aromatic nitrogens is 1. The molecule has 1 aliphatic rings. The summed E-state index contributed by atoms with van der Waals surface area (Å²) in [6.07, 6.45) is 5.47. The van der Waals surface area contributed by atoms with Gasteiger partial charge in [0.15, 0.2) is 5.69 Å². The molecule has 1 aliphatic carbocycles. The average molecular weight is 201 g/mol. The fraction of sp³-hybridized carbons (Fsp3) is 0.500. The van der Waals surface area contributed by atoms with Gasteiger partial charge in [0.1, 0.15) is 6.07 Å². The Morgan fingerprint density at radius 2 is 2.40 bits per heavy atom. The highest BCUT2D eigenvalue weighted by atomic mass is 14.9. The minimum absolute atomic E-state index is 0.489. The standard InChI is InChI=1S/C12H15N3/c1-2-12(5-6-12)9-15-10-4-3-7-14-11(10)8-13/h3-4,7,15H,2,5-6,9H2,1H3. The van der Waals surface area contributed by atoms with E-state index in [2.05, 4.69) is 23.3 Å². The largest absolute Gasteiger partial charge is 0.382 e. The van der Waals surface area contributed by atoms with Crippen LogP contribution < -0.4 is 5.32 Å². The van der Waals surface area contributed by atoms with Gasteiger partial charge >= 0.3 is 0 Å². The zero-order valence-electron chi connectivity index (χ0n) is 8.95. The molecule has 3 nitrogen and oxygen atoms in total. The molecule has 0 amide bonds. The quantitative estimate of drug-likeness (QED) is 0.814. The van der Waals surface area contributed by atoms with Crippen molar-refractivity contribution in [2.75, 3.05) is 11.9 Å². The Hall–Kier alpha value is -1.56. The summed E-state index contributed by atoms with van der Waals surface area (Å²) in [5, 5.41) is 12.2. The lowest BCUT2D eigenvalue weighted by molar-refractivity contribution is 0.521. The van der Waals surface area contributed by atoms with Gasteiger partial charge in [-0.2, -0.15) is 5.26 Å². The Kier molecular flexibility index (Phi) is 2.59. The van der Waals surface area contributed by atoms with E-state index in [-0.39, 0.29) is 0 Å². The first-order chi connectivity index (χ1) is 7.29. The van der Waals surface area contributed by atoms with Gasteiger partial charge < -0.3 is 5.32 Å². The first kappa shape index (κ1) is 9.97. The first-order valence-corrected chi connectivity index (χ1v) is 5.39. The van der Waals surface area contributed by atoms with Gasteiger partial charge in [-0.05, 0) is 36.8 Å². The molecule has 0 saturated heterocycles. The van der Waals surface area contributed by atoms with Gasteiger partial charge in [0.2, 0.25) is 0 Å². The highest BCUT2D eigenvalue weighted by Gasteiger charge is 2.40. The number of hydrogen-bond acceptors (Lipinski definition) is 3. The summed E-state index contributed by atoms with van der Waals surface area (Å²) < 4.78 is 0. The van der Waals surface area contributed by atoms with Gasteiger partial charge in [0, 0.05) is 12.7 Å². The molecule has 1 fully saturated rings. The van der Waals surface area contributed by atoms with Crippen molar-refractivity contribution >= 4 is 5.69 Å². The Morgan fingerprint density at radius 1 is 1.60 bits per heavy atom. The van der Waals surface area contributed by atoms with Crippen molar-refractivity contribution in [3.63, 3.8) is 0 Å². The third-order valence-electron chi connectivity index (χ3n) is 3.27. The predicted octanol–water partition coefficient (Wildman–Crippen LogP) is 2.56. The maximum atomic E-state index is 8.87. The van der Waals surface area contributed by atoms with E-state index in [0.717, 1.165) is 12.2 Å². The molecule has 0 spiro atoms. The molecule has 78 valence electrons. The molecule has 15 heavy (non-hydrogen) atoms. The molecule has 0 unspecified atom stereocenters. The molecule has 0 radical (unpaired) electrons. The van der Waals surface area contributed by atoms with Crippen molar-refractivity contribution in [2.24, 2.45) is 5.41 Å². The van der Waals surface area contributed by atoms with E-state index in [1.54, 1.807) is 6.20 Å². The number of rotatable bonds is 4. The number of nitrogens with zero attached hydrogens (tertiary/aromatic N) is 2. The molecule has 1 aromatic heterocycles. The number of anilines is 1. The van der Waals surface area contributed by atoms with Crippen molar-refractivity contribution in [1.29, 1.82) is 5.26 Å². The second-order valence-electron chi connectivity index (χ2n) is 4.22. The zero-order valence-corrected chi connectivity index (χ0v) is 8.95. The Morgan fingerprint density at radius 3 is 3.00 bits per heavy atom. The molecule has 1 N–H and O–H groups in total. The molecule has 0 aromatic carbocycles. The monoisotopic (exact) mass is 201 g/mol. The van der Waals surface area contributed by atoms with Crippen LogP contribution in [0.2, 0.25) is 0 Å². The maximum absolute atomic E-state index is 8.87. The normalized spacial score (nSPS) is 16.8. The Labute approximate surface area is 90.1 Å². The smallest absolute Gasteiger partial charge is 0.163 e. The van der Waals surface area contributed by atoms with E-state index < -0.39 is 0 Å². The fourth-order valence-electron chi connectivity index (χ4n) is 1.75. The van der Waals surface area contributed by atoms with E-state index in [9.17, 15) is 0 Å². The van der Waals surface area contributed by atoms with Crippen LogP contribution in [0, 0.1) is 16.7 Å². The van der Waals surface area contributed by atoms with E-state index >= 15 is 0 Å². The third-order valence-corrected chi connectivity index (χ3v) is 3.27. The van der Waals surface area contributed by atoms with E-state index in [1.165, 1.54) is 19.3 Å². The summed E-state index contributed by atoms with van der Waals surface area (Å²) in [5.74, 6) is 0. The van der Waals surface area contributed by atoms with Crippen LogP contribution in [0.5, 0.6) is 0 Å². The van der Waals surface area contributed by atoms with Crippen molar-refractivity contribution in [3.05, 3.63) is 24.0 Å². The van der Waals surface area contributed by atoms with E-state index in [4.69, 9.17) is 5.26 Å². The molecule has 1 aromatic rings. The number of hydrogen-bond donors (Lipinski definition) is 1. The van der Waals surface area contributed by atoms with Gasteiger partial charge in [-0.1, -0.05) is 6.92 Å². The van der Waals surface area contributed by atoms with Crippen molar-refractivity contribution in [2.45, 2.75) is 26.2 Å². The second kappa shape index (κ2) is 3.90. The summed E-state index contributed by atoms with van der Waals surface area (Å²) in [6.45, 7) is 3.19. The Balaban J connectivity index is 2.02. The molecule has 2 rings (SSSR count). The van der Waals surface area contributed by atoms with Gasteiger partial charge in [-0.25, -0.2) is 4.98 Å². The summed E-state index contributed by atoms with van der Waals surface area (Å²) in [4.78, 5) is 4.02. The number of nitriles is 1. The van der Waals surface area contributed by atoms with Crippen molar-refractivity contribution in [1.82, 2.24) is 4.98 Å². The van der Waals surface area contributed by atoms with Crippen LogP contribution in [-0.4, -0.2) is 11.5 Å². The average Bonchev–Trinajstić information content (AvgIpc) is 3.07. The molecular formula is C12H15N3. The van der Waals surface area contributed by atoms with Crippen LogP contribution in [-0.2, 0) is 0 Å². The van der Waals surface area contributed by atoms with Gasteiger partial charge in [0.25, 0.3) is 0 Å². The molecule has 1 heterocycles. The van der Waals surface area contributed by atoms with Crippen LogP contribution in [0.1, 0.15) is 31.9 Å². The van der Waals surface area contributed by atoms with Crippen LogP contribution in [0.4, 0.5) is 5.69 Å². The Bertz CT molecular complexity index is 388. The molecule has 1 saturated carbocycles. The molecule has 0 aliphatic heterocycles. The zero-order chi connectivity index (χ0) is 10.7. The number of pyridine rings is 1.